The Balaban J connectivity index is 1.87. The molecule has 1 amide bonds. The lowest BCUT2D eigenvalue weighted by molar-refractivity contribution is -0.129. The molecule has 0 spiro atoms. The minimum Gasteiger partial charge on any atom is -0.357 e. The van der Waals surface area contributed by atoms with Crippen molar-refractivity contribution in [2.75, 3.05) is 32.4 Å². The number of hydrogen-bond donors (Lipinski definition) is 2. The van der Waals surface area contributed by atoms with Crippen LogP contribution < -0.4 is 10.6 Å². The standard InChI is InChI=1S/C20H37N7OS/c1-6-18(28)26-12-10-16(14-26)23-19(21-7-2)22-11-8-9-17-24-25-20(29-5)27(17)13-15(3)4/h15-16H,6-14H2,1-5H3,(H2,21,22,23). The Morgan fingerprint density at radius 1 is 1.34 bits per heavy atom. The molecular weight excluding hydrogens is 386 g/mol. The lowest BCUT2D eigenvalue weighted by Gasteiger charge is -2.18. The normalized spacial score (nSPS) is 17.2. The van der Waals surface area contributed by atoms with Crippen LogP contribution in [0, 0.1) is 5.92 Å². The minimum atomic E-state index is 0.228. The number of aliphatic imine (C=N–C) groups is 1. The number of likely N-dealkylation sites (tertiary alicyclic amines) is 1. The zero-order valence-electron chi connectivity index (χ0n) is 18.6. The van der Waals surface area contributed by atoms with Crippen LogP contribution in [-0.4, -0.2) is 70.0 Å². The highest BCUT2D eigenvalue weighted by Gasteiger charge is 2.25. The van der Waals surface area contributed by atoms with E-state index in [0.29, 0.717) is 12.3 Å². The van der Waals surface area contributed by atoms with Gasteiger partial charge in [-0.25, -0.2) is 0 Å². The number of aromatic nitrogens is 3. The maximum Gasteiger partial charge on any atom is 0.222 e. The molecule has 1 fully saturated rings. The van der Waals surface area contributed by atoms with Crippen molar-refractivity contribution in [3.05, 3.63) is 5.82 Å². The Morgan fingerprint density at radius 2 is 2.14 bits per heavy atom. The number of guanidine groups is 1. The number of nitrogens with zero attached hydrogens (tertiary/aromatic N) is 5. The first kappa shape index (κ1) is 23.5. The molecule has 1 unspecified atom stereocenters. The molecule has 8 nitrogen and oxygen atoms in total. The number of carbonyl (C=O) groups excluding carboxylic acids is 1. The van der Waals surface area contributed by atoms with Gasteiger partial charge < -0.3 is 20.1 Å². The average molecular weight is 424 g/mol. The van der Waals surface area contributed by atoms with Crippen LogP contribution >= 0.6 is 11.8 Å². The number of aryl methyl sites for hydroxylation is 1. The Bertz CT molecular complexity index is 674. The molecule has 0 aliphatic carbocycles. The first-order chi connectivity index (χ1) is 14.0. The smallest absolute Gasteiger partial charge is 0.222 e. The summed E-state index contributed by atoms with van der Waals surface area (Å²) in [6.45, 7) is 12.5. The van der Waals surface area contributed by atoms with Crippen molar-refractivity contribution >= 4 is 23.6 Å². The molecule has 0 radical (unpaired) electrons. The van der Waals surface area contributed by atoms with Crippen molar-refractivity contribution in [3.63, 3.8) is 0 Å². The summed E-state index contributed by atoms with van der Waals surface area (Å²) in [4.78, 5) is 18.5. The predicted octanol–water partition coefficient (Wildman–Crippen LogP) is 2.15. The van der Waals surface area contributed by atoms with Gasteiger partial charge in [0.15, 0.2) is 11.1 Å². The van der Waals surface area contributed by atoms with E-state index < -0.39 is 0 Å². The molecule has 0 bridgehead atoms. The molecular formula is C20H37N7OS. The maximum atomic E-state index is 11.9. The topological polar surface area (TPSA) is 87.4 Å². The molecule has 0 saturated carbocycles. The van der Waals surface area contributed by atoms with Crippen LogP contribution in [0.2, 0.25) is 0 Å². The molecule has 1 saturated heterocycles. The number of amides is 1. The molecule has 1 aromatic rings. The summed E-state index contributed by atoms with van der Waals surface area (Å²) < 4.78 is 2.24. The van der Waals surface area contributed by atoms with Crippen molar-refractivity contribution in [1.82, 2.24) is 30.3 Å². The molecule has 1 aromatic heterocycles. The van der Waals surface area contributed by atoms with E-state index >= 15 is 0 Å². The fourth-order valence-electron chi connectivity index (χ4n) is 3.47. The second-order valence-corrected chi connectivity index (χ2v) is 8.57. The number of nitrogens with one attached hydrogen (secondary N) is 2. The molecule has 164 valence electrons. The highest BCUT2D eigenvalue weighted by molar-refractivity contribution is 7.98. The summed E-state index contributed by atoms with van der Waals surface area (Å²) in [6.07, 6.45) is 5.37. The third-order valence-corrected chi connectivity index (χ3v) is 5.55. The highest BCUT2D eigenvalue weighted by atomic mass is 32.2. The summed E-state index contributed by atoms with van der Waals surface area (Å²) in [6, 6.07) is 0.265. The van der Waals surface area contributed by atoms with E-state index in [1.54, 1.807) is 11.8 Å². The van der Waals surface area contributed by atoms with Crippen molar-refractivity contribution in [1.29, 1.82) is 0 Å². The fourth-order valence-corrected chi connectivity index (χ4v) is 4.00. The van der Waals surface area contributed by atoms with Gasteiger partial charge in [-0.1, -0.05) is 32.5 Å². The molecule has 0 aromatic carbocycles. The van der Waals surface area contributed by atoms with Crippen LogP contribution in [0.4, 0.5) is 0 Å². The van der Waals surface area contributed by atoms with Gasteiger partial charge in [-0.2, -0.15) is 0 Å². The largest absolute Gasteiger partial charge is 0.357 e. The molecule has 2 rings (SSSR count). The molecule has 1 atom stereocenters. The summed E-state index contributed by atoms with van der Waals surface area (Å²) >= 11 is 1.64. The molecule has 2 N–H and O–H groups in total. The van der Waals surface area contributed by atoms with E-state index in [-0.39, 0.29) is 11.9 Å². The fraction of sp³-hybridized carbons (Fsp3) is 0.800. The zero-order chi connectivity index (χ0) is 21.2. The van der Waals surface area contributed by atoms with Crippen molar-refractivity contribution < 1.29 is 4.79 Å². The third kappa shape index (κ3) is 7.21. The van der Waals surface area contributed by atoms with Gasteiger partial charge in [0.25, 0.3) is 0 Å². The number of hydrogen-bond acceptors (Lipinski definition) is 5. The molecule has 1 aliphatic rings. The Morgan fingerprint density at radius 3 is 2.79 bits per heavy atom. The summed E-state index contributed by atoms with van der Waals surface area (Å²) in [5, 5.41) is 16.5. The highest BCUT2D eigenvalue weighted by Crippen LogP contribution is 2.17. The Kier molecular flexibility index (Phi) is 9.76. The monoisotopic (exact) mass is 423 g/mol. The second kappa shape index (κ2) is 12.0. The SMILES string of the molecule is CCNC(=NCCCc1nnc(SC)n1CC(C)C)NC1CCN(C(=O)CC)C1. The van der Waals surface area contributed by atoms with E-state index in [2.05, 4.69) is 46.2 Å². The molecule has 2 heterocycles. The first-order valence-electron chi connectivity index (χ1n) is 10.8. The Hall–Kier alpha value is -1.77. The van der Waals surface area contributed by atoms with Gasteiger partial charge in [0.1, 0.15) is 5.82 Å². The van der Waals surface area contributed by atoms with E-state index in [9.17, 15) is 4.79 Å². The number of thioether (sulfide) groups is 1. The van der Waals surface area contributed by atoms with E-state index in [1.807, 2.05) is 18.1 Å². The van der Waals surface area contributed by atoms with E-state index in [1.165, 1.54) is 0 Å². The van der Waals surface area contributed by atoms with Gasteiger partial charge in [0.2, 0.25) is 5.91 Å². The van der Waals surface area contributed by atoms with Crippen molar-refractivity contribution in [2.45, 2.75) is 71.1 Å². The summed E-state index contributed by atoms with van der Waals surface area (Å²) in [5.74, 6) is 2.66. The molecule has 29 heavy (non-hydrogen) atoms. The van der Waals surface area contributed by atoms with E-state index in [0.717, 1.165) is 68.9 Å². The Labute approximate surface area is 179 Å². The minimum absolute atomic E-state index is 0.228. The van der Waals surface area contributed by atoms with Crippen molar-refractivity contribution in [3.8, 4) is 0 Å². The van der Waals surface area contributed by atoms with Gasteiger partial charge >= 0.3 is 0 Å². The zero-order valence-corrected chi connectivity index (χ0v) is 19.4. The second-order valence-electron chi connectivity index (χ2n) is 7.79. The van der Waals surface area contributed by atoms with Crippen molar-refractivity contribution in [2.24, 2.45) is 10.9 Å². The number of rotatable bonds is 10. The first-order valence-corrected chi connectivity index (χ1v) is 12.0. The molecule has 1 aliphatic heterocycles. The van der Waals surface area contributed by atoms with Crippen LogP contribution in [0.5, 0.6) is 0 Å². The quantitative estimate of drug-likeness (QED) is 0.260. The van der Waals surface area contributed by atoms with Gasteiger partial charge in [-0.3, -0.25) is 9.79 Å². The summed E-state index contributed by atoms with van der Waals surface area (Å²) in [7, 11) is 0. The van der Waals surface area contributed by atoms with Crippen LogP contribution in [0.1, 0.15) is 52.8 Å². The van der Waals surface area contributed by atoms with Gasteiger partial charge in [-0.15, -0.1) is 10.2 Å². The van der Waals surface area contributed by atoms with Crippen LogP contribution in [-0.2, 0) is 17.8 Å². The van der Waals surface area contributed by atoms with Gasteiger partial charge in [-0.05, 0) is 31.9 Å². The van der Waals surface area contributed by atoms with E-state index in [4.69, 9.17) is 4.99 Å². The summed E-state index contributed by atoms with van der Waals surface area (Å²) in [5.41, 5.74) is 0. The maximum absolute atomic E-state index is 11.9. The molecule has 9 heteroatoms. The lowest BCUT2D eigenvalue weighted by atomic mass is 10.2. The average Bonchev–Trinajstić information content (AvgIpc) is 3.31. The number of carbonyl (C=O) groups is 1. The van der Waals surface area contributed by atoms with Gasteiger partial charge in [0, 0.05) is 51.6 Å². The van der Waals surface area contributed by atoms with Gasteiger partial charge in [0.05, 0.1) is 0 Å². The third-order valence-electron chi connectivity index (χ3n) is 4.88. The van der Waals surface area contributed by atoms with Crippen LogP contribution in [0.25, 0.3) is 0 Å². The predicted molar refractivity (Wildman–Crippen MR) is 119 cm³/mol. The lowest BCUT2D eigenvalue weighted by Crippen LogP contribution is -2.45. The van der Waals surface area contributed by atoms with Crippen LogP contribution in [0.15, 0.2) is 10.1 Å². The van der Waals surface area contributed by atoms with Crippen LogP contribution in [0.3, 0.4) is 0 Å².